The summed E-state index contributed by atoms with van der Waals surface area (Å²) in [5.41, 5.74) is 0.540. The van der Waals surface area contributed by atoms with Crippen molar-refractivity contribution < 1.29 is 9.18 Å². The Morgan fingerprint density at radius 2 is 2.10 bits per heavy atom. The van der Waals surface area contributed by atoms with Gasteiger partial charge < -0.3 is 10.6 Å². The standard InChI is InChI=1S/C15H18ClFN2O.ClH/c16-11-8-10(5-6-12(11)17)18-15(20)14-7-9-3-1-2-4-13(9)19-14;/h5-6,8-9,13-14,19H,1-4,7H2,(H,18,20);1H. The van der Waals surface area contributed by atoms with Crippen molar-refractivity contribution in [3.63, 3.8) is 0 Å². The van der Waals surface area contributed by atoms with E-state index in [0.717, 1.165) is 12.8 Å². The highest BCUT2D eigenvalue weighted by Crippen LogP contribution is 2.33. The van der Waals surface area contributed by atoms with Gasteiger partial charge in [0, 0.05) is 11.7 Å². The smallest absolute Gasteiger partial charge is 0.241 e. The van der Waals surface area contributed by atoms with Gasteiger partial charge in [0.1, 0.15) is 5.82 Å². The molecule has 3 unspecified atom stereocenters. The van der Waals surface area contributed by atoms with Gasteiger partial charge in [-0.3, -0.25) is 4.79 Å². The van der Waals surface area contributed by atoms with Crippen LogP contribution in [0, 0.1) is 11.7 Å². The molecular formula is C15H19Cl2FN2O. The molecule has 3 nitrogen and oxygen atoms in total. The normalized spacial score (nSPS) is 27.6. The van der Waals surface area contributed by atoms with E-state index in [1.807, 2.05) is 0 Å². The molecule has 3 atom stereocenters. The molecule has 1 amide bonds. The summed E-state index contributed by atoms with van der Waals surface area (Å²) in [6.07, 6.45) is 5.78. The first-order chi connectivity index (χ1) is 9.63. The van der Waals surface area contributed by atoms with E-state index in [-0.39, 0.29) is 29.4 Å². The van der Waals surface area contributed by atoms with Crippen LogP contribution in [0.25, 0.3) is 0 Å². The lowest BCUT2D eigenvalue weighted by Crippen LogP contribution is -2.39. The molecule has 0 bridgehead atoms. The quantitative estimate of drug-likeness (QED) is 0.865. The zero-order chi connectivity index (χ0) is 14.1. The molecule has 1 aliphatic heterocycles. The van der Waals surface area contributed by atoms with Gasteiger partial charge in [-0.05, 0) is 43.4 Å². The number of amides is 1. The van der Waals surface area contributed by atoms with Crippen molar-refractivity contribution in [3.05, 3.63) is 29.0 Å². The topological polar surface area (TPSA) is 41.1 Å². The SMILES string of the molecule is Cl.O=C(Nc1ccc(F)c(Cl)c1)C1CC2CCCCC2N1. The molecule has 1 heterocycles. The lowest BCUT2D eigenvalue weighted by Gasteiger charge is -2.24. The predicted molar refractivity (Wildman–Crippen MR) is 84.6 cm³/mol. The maximum Gasteiger partial charge on any atom is 0.241 e. The molecule has 2 N–H and O–H groups in total. The van der Waals surface area contributed by atoms with Crippen LogP contribution >= 0.6 is 24.0 Å². The second-order valence-corrected chi connectivity index (χ2v) is 6.13. The van der Waals surface area contributed by atoms with E-state index >= 15 is 0 Å². The van der Waals surface area contributed by atoms with Gasteiger partial charge in [-0.25, -0.2) is 4.39 Å². The Morgan fingerprint density at radius 1 is 1.33 bits per heavy atom. The maximum absolute atomic E-state index is 13.1. The largest absolute Gasteiger partial charge is 0.325 e. The zero-order valence-electron chi connectivity index (χ0n) is 11.6. The number of anilines is 1. The van der Waals surface area contributed by atoms with Crippen LogP contribution in [0.15, 0.2) is 18.2 Å². The molecule has 6 heteroatoms. The number of halogens is 3. The zero-order valence-corrected chi connectivity index (χ0v) is 13.1. The number of fused-ring (bicyclic) bond motifs is 1. The van der Waals surface area contributed by atoms with Gasteiger partial charge >= 0.3 is 0 Å². The molecule has 2 aliphatic rings. The van der Waals surface area contributed by atoms with Crippen LogP contribution in [0.4, 0.5) is 10.1 Å². The molecular weight excluding hydrogens is 314 g/mol. The first-order valence-corrected chi connectivity index (χ1v) is 7.53. The molecule has 21 heavy (non-hydrogen) atoms. The van der Waals surface area contributed by atoms with Gasteiger partial charge in [-0.15, -0.1) is 12.4 Å². The number of carbonyl (C=O) groups is 1. The van der Waals surface area contributed by atoms with Crippen LogP contribution in [-0.4, -0.2) is 18.0 Å². The Kier molecular flexibility index (Phi) is 5.47. The lowest BCUT2D eigenvalue weighted by molar-refractivity contribution is -0.117. The molecule has 0 spiro atoms. The first kappa shape index (κ1) is 16.5. The van der Waals surface area contributed by atoms with E-state index in [0.29, 0.717) is 17.6 Å². The highest BCUT2D eigenvalue weighted by molar-refractivity contribution is 6.31. The number of hydrogen-bond acceptors (Lipinski definition) is 2. The van der Waals surface area contributed by atoms with Crippen LogP contribution < -0.4 is 10.6 Å². The molecule has 0 aromatic heterocycles. The second-order valence-electron chi connectivity index (χ2n) is 5.72. The van der Waals surface area contributed by atoms with Crippen LogP contribution in [0.3, 0.4) is 0 Å². The Morgan fingerprint density at radius 3 is 2.81 bits per heavy atom. The minimum atomic E-state index is -0.477. The first-order valence-electron chi connectivity index (χ1n) is 7.15. The fourth-order valence-corrected chi connectivity index (χ4v) is 3.50. The molecule has 0 radical (unpaired) electrons. The van der Waals surface area contributed by atoms with Gasteiger partial charge in [0.15, 0.2) is 0 Å². The van der Waals surface area contributed by atoms with Crippen LogP contribution in [0.1, 0.15) is 32.1 Å². The highest BCUT2D eigenvalue weighted by atomic mass is 35.5. The molecule has 1 aromatic rings. The van der Waals surface area contributed by atoms with Crippen molar-refractivity contribution in [1.29, 1.82) is 0 Å². The maximum atomic E-state index is 13.1. The summed E-state index contributed by atoms with van der Waals surface area (Å²) in [5.74, 6) is 0.0908. The van der Waals surface area contributed by atoms with Crippen LogP contribution in [0.2, 0.25) is 5.02 Å². The molecule has 1 aromatic carbocycles. The molecule has 1 aliphatic carbocycles. The third-order valence-electron chi connectivity index (χ3n) is 4.37. The summed E-state index contributed by atoms with van der Waals surface area (Å²) in [6, 6.07) is 4.57. The third kappa shape index (κ3) is 3.68. The Balaban J connectivity index is 0.00000161. The minimum absolute atomic E-state index is 0. The fourth-order valence-electron chi connectivity index (χ4n) is 3.32. The van der Waals surface area contributed by atoms with Crippen LogP contribution in [0.5, 0.6) is 0 Å². The van der Waals surface area contributed by atoms with Gasteiger partial charge in [0.2, 0.25) is 5.91 Å². The van der Waals surface area contributed by atoms with Crippen LogP contribution in [-0.2, 0) is 4.79 Å². The van der Waals surface area contributed by atoms with Crippen molar-refractivity contribution in [2.75, 3.05) is 5.32 Å². The van der Waals surface area contributed by atoms with E-state index in [1.165, 1.54) is 37.5 Å². The van der Waals surface area contributed by atoms with Crippen molar-refractivity contribution >= 4 is 35.6 Å². The monoisotopic (exact) mass is 332 g/mol. The summed E-state index contributed by atoms with van der Waals surface area (Å²) < 4.78 is 13.1. The van der Waals surface area contributed by atoms with Crippen molar-refractivity contribution in [2.45, 2.75) is 44.2 Å². The average molecular weight is 333 g/mol. The van der Waals surface area contributed by atoms with Gasteiger partial charge in [-0.1, -0.05) is 24.4 Å². The number of rotatable bonds is 2. The second kappa shape index (κ2) is 6.95. The highest BCUT2D eigenvalue weighted by Gasteiger charge is 2.38. The summed E-state index contributed by atoms with van der Waals surface area (Å²) in [5, 5.41) is 6.25. The summed E-state index contributed by atoms with van der Waals surface area (Å²) in [4.78, 5) is 12.2. The van der Waals surface area contributed by atoms with Gasteiger partial charge in [0.25, 0.3) is 0 Å². The third-order valence-corrected chi connectivity index (χ3v) is 4.66. The van der Waals surface area contributed by atoms with E-state index < -0.39 is 5.82 Å². The van der Waals surface area contributed by atoms with E-state index in [2.05, 4.69) is 10.6 Å². The Bertz CT molecular complexity index is 512. The predicted octanol–water partition coefficient (Wildman–Crippen LogP) is 3.76. The van der Waals surface area contributed by atoms with E-state index in [4.69, 9.17) is 11.6 Å². The summed E-state index contributed by atoms with van der Waals surface area (Å²) in [6.45, 7) is 0. The molecule has 116 valence electrons. The molecule has 1 saturated heterocycles. The van der Waals surface area contributed by atoms with E-state index in [1.54, 1.807) is 0 Å². The van der Waals surface area contributed by atoms with E-state index in [9.17, 15) is 9.18 Å². The number of hydrogen-bond donors (Lipinski definition) is 2. The number of nitrogens with one attached hydrogen (secondary N) is 2. The van der Waals surface area contributed by atoms with Crippen molar-refractivity contribution in [2.24, 2.45) is 5.92 Å². The average Bonchev–Trinajstić information content (AvgIpc) is 2.87. The molecule has 2 fully saturated rings. The van der Waals surface area contributed by atoms with Gasteiger partial charge in [-0.2, -0.15) is 0 Å². The Hall–Kier alpha value is -0.840. The molecule has 1 saturated carbocycles. The number of benzene rings is 1. The van der Waals surface area contributed by atoms with Crippen molar-refractivity contribution in [3.8, 4) is 0 Å². The minimum Gasteiger partial charge on any atom is -0.325 e. The summed E-state index contributed by atoms with van der Waals surface area (Å²) >= 11 is 5.71. The number of carbonyl (C=O) groups excluding carboxylic acids is 1. The van der Waals surface area contributed by atoms with Crippen molar-refractivity contribution in [1.82, 2.24) is 5.32 Å². The Labute approximate surface area is 135 Å². The molecule has 3 rings (SSSR count). The lowest BCUT2D eigenvalue weighted by atomic mass is 9.85. The summed E-state index contributed by atoms with van der Waals surface area (Å²) in [7, 11) is 0. The van der Waals surface area contributed by atoms with Gasteiger partial charge in [0.05, 0.1) is 11.1 Å². The fraction of sp³-hybridized carbons (Fsp3) is 0.533.